The first kappa shape index (κ1) is 17.2. The summed E-state index contributed by atoms with van der Waals surface area (Å²) in [6.07, 6.45) is 1.80. The van der Waals surface area contributed by atoms with Crippen LogP contribution in [0.4, 0.5) is 0 Å². The van der Waals surface area contributed by atoms with Crippen LogP contribution in [0.15, 0.2) is 31.6 Å². The molecule has 6 heteroatoms. The summed E-state index contributed by atoms with van der Waals surface area (Å²) in [5.74, 6) is 0. The van der Waals surface area contributed by atoms with Gasteiger partial charge in [0.15, 0.2) is 0 Å². The van der Waals surface area contributed by atoms with Crippen LogP contribution in [0.2, 0.25) is 0 Å². The van der Waals surface area contributed by atoms with E-state index in [2.05, 4.69) is 77.3 Å². The molecular formula is C15H18Br3N3. The second-order valence-corrected chi connectivity index (χ2v) is 7.46. The Hall–Kier alpha value is -0.170. The van der Waals surface area contributed by atoms with E-state index in [4.69, 9.17) is 0 Å². The highest BCUT2D eigenvalue weighted by Crippen LogP contribution is 2.31. The normalized spacial score (nSPS) is 12.7. The van der Waals surface area contributed by atoms with Gasteiger partial charge in [-0.15, -0.1) is 0 Å². The minimum absolute atomic E-state index is 0.216. The molecule has 0 spiro atoms. The zero-order chi connectivity index (χ0) is 15.6. The van der Waals surface area contributed by atoms with Crippen molar-refractivity contribution in [2.24, 2.45) is 7.05 Å². The molecule has 114 valence electrons. The highest BCUT2D eigenvalue weighted by molar-refractivity contribution is 9.11. The van der Waals surface area contributed by atoms with Gasteiger partial charge in [0, 0.05) is 28.5 Å². The summed E-state index contributed by atoms with van der Waals surface area (Å²) >= 11 is 10.9. The minimum atomic E-state index is 0.216. The molecule has 0 radical (unpaired) electrons. The maximum absolute atomic E-state index is 4.57. The van der Waals surface area contributed by atoms with E-state index in [1.54, 1.807) is 0 Å². The summed E-state index contributed by atoms with van der Waals surface area (Å²) in [5, 5.41) is 7.97. The van der Waals surface area contributed by atoms with Crippen molar-refractivity contribution in [3.05, 3.63) is 48.6 Å². The lowest BCUT2D eigenvalue weighted by Crippen LogP contribution is -2.20. The molecule has 1 aromatic heterocycles. The molecule has 0 bridgehead atoms. The molecule has 0 saturated heterocycles. The molecule has 2 rings (SSSR count). The SMILES string of the molecule is CCc1nn(C)c(CC(NC)c2cc(Br)ccc2Br)c1Br. The molecule has 21 heavy (non-hydrogen) atoms. The average molecular weight is 480 g/mol. The maximum atomic E-state index is 4.57. The number of aryl methyl sites for hydroxylation is 2. The molecule has 0 fully saturated rings. The molecule has 3 nitrogen and oxygen atoms in total. The molecule has 1 heterocycles. The number of halogens is 3. The van der Waals surface area contributed by atoms with Crippen LogP contribution in [0.25, 0.3) is 0 Å². The van der Waals surface area contributed by atoms with Gasteiger partial charge in [-0.05, 0) is 53.2 Å². The van der Waals surface area contributed by atoms with Crippen LogP contribution in [0.5, 0.6) is 0 Å². The molecule has 0 aliphatic rings. The first-order chi connectivity index (χ1) is 9.97. The fraction of sp³-hybridized carbons (Fsp3) is 0.400. The van der Waals surface area contributed by atoms with Crippen molar-refractivity contribution in [3.63, 3.8) is 0 Å². The highest BCUT2D eigenvalue weighted by Gasteiger charge is 2.19. The summed E-state index contributed by atoms with van der Waals surface area (Å²) in [6.45, 7) is 2.12. The number of aromatic nitrogens is 2. The quantitative estimate of drug-likeness (QED) is 0.669. The van der Waals surface area contributed by atoms with E-state index in [0.717, 1.165) is 32.0 Å². The Labute approximate surface area is 150 Å². The molecule has 0 aliphatic carbocycles. The third-order valence-electron chi connectivity index (χ3n) is 3.58. The number of nitrogens with zero attached hydrogens (tertiary/aromatic N) is 2. The first-order valence-corrected chi connectivity index (χ1v) is 9.18. The molecule has 0 amide bonds. The standard InChI is InChI=1S/C15H18Br3N3/c1-4-12-15(18)14(21(3)20-12)8-13(19-2)10-7-9(16)5-6-11(10)17/h5-7,13,19H,4,8H2,1-3H3. The van der Waals surface area contributed by atoms with E-state index in [9.17, 15) is 0 Å². The van der Waals surface area contributed by atoms with Crippen molar-refractivity contribution in [2.45, 2.75) is 25.8 Å². The molecule has 1 N–H and O–H groups in total. The van der Waals surface area contributed by atoms with Crippen LogP contribution in [0.3, 0.4) is 0 Å². The maximum Gasteiger partial charge on any atom is 0.0766 e. The summed E-state index contributed by atoms with van der Waals surface area (Å²) in [7, 11) is 3.99. The van der Waals surface area contributed by atoms with E-state index in [1.165, 1.54) is 11.3 Å². The Morgan fingerprint density at radius 3 is 2.57 bits per heavy atom. The number of benzene rings is 1. The number of nitrogens with one attached hydrogen (secondary N) is 1. The zero-order valence-corrected chi connectivity index (χ0v) is 17.0. The number of likely N-dealkylation sites (N-methyl/N-ethyl adjacent to an activating group) is 1. The van der Waals surface area contributed by atoms with Crippen LogP contribution in [-0.2, 0) is 19.9 Å². The lowest BCUT2D eigenvalue weighted by atomic mass is 10.0. The fourth-order valence-electron chi connectivity index (χ4n) is 2.38. The van der Waals surface area contributed by atoms with Gasteiger partial charge in [0.25, 0.3) is 0 Å². The van der Waals surface area contributed by atoms with E-state index in [0.29, 0.717) is 0 Å². The highest BCUT2D eigenvalue weighted by atomic mass is 79.9. The van der Waals surface area contributed by atoms with Gasteiger partial charge in [0.1, 0.15) is 0 Å². The Morgan fingerprint density at radius 1 is 1.29 bits per heavy atom. The van der Waals surface area contributed by atoms with Crippen molar-refractivity contribution < 1.29 is 0 Å². The monoisotopic (exact) mass is 477 g/mol. The fourth-order valence-corrected chi connectivity index (χ4v) is 4.06. The van der Waals surface area contributed by atoms with Gasteiger partial charge in [-0.1, -0.05) is 38.8 Å². The van der Waals surface area contributed by atoms with Gasteiger partial charge in [0.05, 0.1) is 15.9 Å². The van der Waals surface area contributed by atoms with Gasteiger partial charge >= 0.3 is 0 Å². The van der Waals surface area contributed by atoms with E-state index < -0.39 is 0 Å². The smallest absolute Gasteiger partial charge is 0.0766 e. The number of hydrogen-bond donors (Lipinski definition) is 1. The van der Waals surface area contributed by atoms with Crippen LogP contribution in [0.1, 0.15) is 29.9 Å². The third-order valence-corrected chi connectivity index (χ3v) is 5.71. The van der Waals surface area contributed by atoms with E-state index >= 15 is 0 Å². The molecule has 0 saturated carbocycles. The summed E-state index contributed by atoms with van der Waals surface area (Å²) in [6, 6.07) is 6.47. The van der Waals surface area contributed by atoms with Gasteiger partial charge in [-0.3, -0.25) is 4.68 Å². The third kappa shape index (κ3) is 3.78. The van der Waals surface area contributed by atoms with Crippen molar-refractivity contribution in [1.29, 1.82) is 0 Å². The Balaban J connectivity index is 2.36. The Bertz CT molecular complexity index is 637. The summed E-state index contributed by atoms with van der Waals surface area (Å²) in [4.78, 5) is 0. The van der Waals surface area contributed by atoms with Gasteiger partial charge in [0.2, 0.25) is 0 Å². The van der Waals surface area contributed by atoms with Crippen molar-refractivity contribution in [2.75, 3.05) is 7.05 Å². The van der Waals surface area contributed by atoms with Crippen LogP contribution in [-0.4, -0.2) is 16.8 Å². The largest absolute Gasteiger partial charge is 0.313 e. The molecule has 2 aromatic rings. The summed E-state index contributed by atoms with van der Waals surface area (Å²) in [5.41, 5.74) is 3.55. The van der Waals surface area contributed by atoms with Crippen molar-refractivity contribution in [3.8, 4) is 0 Å². The lowest BCUT2D eigenvalue weighted by molar-refractivity contribution is 0.558. The molecule has 1 unspecified atom stereocenters. The van der Waals surface area contributed by atoms with Gasteiger partial charge < -0.3 is 5.32 Å². The molecule has 1 aromatic carbocycles. The van der Waals surface area contributed by atoms with Gasteiger partial charge in [-0.25, -0.2) is 0 Å². The van der Waals surface area contributed by atoms with E-state index in [1.807, 2.05) is 24.8 Å². The molecule has 1 atom stereocenters. The summed E-state index contributed by atoms with van der Waals surface area (Å²) < 4.78 is 5.29. The molecule has 0 aliphatic heterocycles. The minimum Gasteiger partial charge on any atom is -0.313 e. The lowest BCUT2D eigenvalue weighted by Gasteiger charge is -2.19. The van der Waals surface area contributed by atoms with Crippen LogP contribution >= 0.6 is 47.8 Å². The van der Waals surface area contributed by atoms with Gasteiger partial charge in [-0.2, -0.15) is 5.10 Å². The van der Waals surface area contributed by atoms with E-state index in [-0.39, 0.29) is 6.04 Å². The predicted octanol–water partition coefficient (Wildman–Crippen LogP) is 4.77. The predicted molar refractivity (Wildman–Crippen MR) is 97.6 cm³/mol. The number of rotatable bonds is 5. The molecular weight excluding hydrogens is 462 g/mol. The second kappa shape index (κ2) is 7.40. The average Bonchev–Trinajstić information content (AvgIpc) is 2.74. The van der Waals surface area contributed by atoms with Crippen LogP contribution < -0.4 is 5.32 Å². The van der Waals surface area contributed by atoms with Crippen molar-refractivity contribution >= 4 is 47.8 Å². The zero-order valence-electron chi connectivity index (χ0n) is 12.3. The first-order valence-electron chi connectivity index (χ1n) is 6.80. The second-order valence-electron chi connectivity index (χ2n) is 4.90. The number of hydrogen-bond acceptors (Lipinski definition) is 2. The van der Waals surface area contributed by atoms with Crippen molar-refractivity contribution in [1.82, 2.24) is 15.1 Å². The Kier molecular flexibility index (Phi) is 6.05. The van der Waals surface area contributed by atoms with Crippen LogP contribution in [0, 0.1) is 0 Å². The topological polar surface area (TPSA) is 29.9 Å². The Morgan fingerprint density at radius 2 is 2.00 bits per heavy atom.